The number of sulfone groups is 1. The Hall–Kier alpha value is -0.720. The molecule has 118 valence electrons. The molecule has 1 rings (SSSR count). The number of nitrogens with zero attached hydrogens (tertiary/aromatic N) is 1. The molecule has 0 fully saturated rings. The zero-order valence-electron chi connectivity index (χ0n) is 12.4. The van der Waals surface area contributed by atoms with Crippen molar-refractivity contribution in [1.29, 1.82) is 0 Å². The van der Waals surface area contributed by atoms with Gasteiger partial charge in [0.15, 0.2) is 0 Å². The van der Waals surface area contributed by atoms with Crippen LogP contribution < -0.4 is 0 Å². The van der Waals surface area contributed by atoms with Crippen molar-refractivity contribution in [3.05, 3.63) is 29.3 Å². The summed E-state index contributed by atoms with van der Waals surface area (Å²) in [4.78, 5) is 14.5. The molecule has 1 aromatic carbocycles. The van der Waals surface area contributed by atoms with Gasteiger partial charge in [-0.2, -0.15) is 0 Å². The number of carbonyl (C=O) groups excluding carboxylic acids is 1. The fraction of sp³-hybridized carbons (Fsp3) is 0.500. The Kier molecular flexibility index (Phi) is 7.03. The zero-order valence-corrected chi connectivity index (χ0v) is 14.8. The molecule has 21 heavy (non-hydrogen) atoms. The van der Waals surface area contributed by atoms with Crippen molar-refractivity contribution in [1.82, 2.24) is 4.90 Å². The average Bonchev–Trinajstić information content (AvgIpc) is 2.38. The first-order valence-electron chi connectivity index (χ1n) is 6.51. The molecular formula is C14H20ClNO3S2. The van der Waals surface area contributed by atoms with Crippen molar-refractivity contribution in [2.24, 2.45) is 0 Å². The predicted octanol–water partition coefficient (Wildman–Crippen LogP) is 2.71. The van der Waals surface area contributed by atoms with Crippen LogP contribution in [-0.2, 0) is 14.6 Å². The smallest absolute Gasteiger partial charge is 0.223 e. The quantitative estimate of drug-likeness (QED) is 0.710. The fourth-order valence-corrected chi connectivity index (χ4v) is 4.06. The number of benzene rings is 1. The Morgan fingerprint density at radius 3 is 2.57 bits per heavy atom. The molecule has 0 N–H and O–H groups in total. The van der Waals surface area contributed by atoms with Gasteiger partial charge in [0, 0.05) is 36.4 Å². The Morgan fingerprint density at radius 1 is 1.38 bits per heavy atom. The van der Waals surface area contributed by atoms with Gasteiger partial charge in [0.1, 0.15) is 9.84 Å². The average molecular weight is 350 g/mol. The molecule has 0 radical (unpaired) electrons. The van der Waals surface area contributed by atoms with Gasteiger partial charge >= 0.3 is 0 Å². The van der Waals surface area contributed by atoms with Crippen LogP contribution in [0.2, 0.25) is 5.02 Å². The maximum atomic E-state index is 12.0. The van der Waals surface area contributed by atoms with Gasteiger partial charge in [-0.05, 0) is 19.1 Å². The lowest BCUT2D eigenvalue weighted by Gasteiger charge is -2.24. The summed E-state index contributed by atoms with van der Waals surface area (Å²) in [6.45, 7) is 1.74. The van der Waals surface area contributed by atoms with Crippen LogP contribution >= 0.6 is 23.4 Å². The highest BCUT2D eigenvalue weighted by molar-refractivity contribution is 7.99. The largest absolute Gasteiger partial charge is 0.342 e. The highest BCUT2D eigenvalue weighted by Crippen LogP contribution is 2.27. The molecule has 1 aromatic rings. The van der Waals surface area contributed by atoms with Crippen molar-refractivity contribution in [3.8, 4) is 0 Å². The van der Waals surface area contributed by atoms with Gasteiger partial charge in [0.05, 0.1) is 10.8 Å². The van der Waals surface area contributed by atoms with E-state index in [9.17, 15) is 13.2 Å². The minimum Gasteiger partial charge on any atom is -0.342 e. The Bertz CT molecular complexity index is 590. The second kappa shape index (κ2) is 8.06. The van der Waals surface area contributed by atoms with E-state index in [-0.39, 0.29) is 17.7 Å². The van der Waals surface area contributed by atoms with Gasteiger partial charge in [0.2, 0.25) is 5.91 Å². The van der Waals surface area contributed by atoms with E-state index in [0.29, 0.717) is 17.2 Å². The normalized spacial score (nSPS) is 13.0. The van der Waals surface area contributed by atoms with E-state index in [1.165, 1.54) is 22.9 Å². The number of carbonyl (C=O) groups is 1. The molecule has 0 spiro atoms. The summed E-state index contributed by atoms with van der Waals surface area (Å²) in [5, 5.41) is 0.675. The summed E-state index contributed by atoms with van der Waals surface area (Å²) in [5.74, 6) is 0.525. The molecule has 0 saturated heterocycles. The Morgan fingerprint density at radius 2 is 2.00 bits per heavy atom. The summed E-state index contributed by atoms with van der Waals surface area (Å²) in [6.07, 6.45) is 1.52. The number of amides is 1. The van der Waals surface area contributed by atoms with Crippen LogP contribution in [-0.4, -0.2) is 50.1 Å². The van der Waals surface area contributed by atoms with Gasteiger partial charge in [-0.15, -0.1) is 11.8 Å². The van der Waals surface area contributed by atoms with E-state index in [2.05, 4.69) is 0 Å². The lowest BCUT2D eigenvalue weighted by atomic mass is 10.3. The van der Waals surface area contributed by atoms with E-state index in [1.54, 1.807) is 14.0 Å². The molecule has 0 saturated carbocycles. The van der Waals surface area contributed by atoms with Crippen molar-refractivity contribution in [2.75, 3.05) is 24.8 Å². The molecule has 0 aliphatic rings. The van der Waals surface area contributed by atoms with E-state index in [0.717, 1.165) is 4.90 Å². The van der Waals surface area contributed by atoms with Crippen molar-refractivity contribution in [2.45, 2.75) is 24.3 Å². The molecule has 1 amide bonds. The van der Waals surface area contributed by atoms with E-state index in [4.69, 9.17) is 11.6 Å². The molecule has 0 heterocycles. The number of halogens is 1. The Labute approximate surface area is 135 Å². The third-order valence-electron chi connectivity index (χ3n) is 3.01. The second-order valence-corrected chi connectivity index (χ2v) is 8.70. The molecule has 1 unspecified atom stereocenters. The van der Waals surface area contributed by atoms with Crippen LogP contribution in [0.1, 0.15) is 13.3 Å². The van der Waals surface area contributed by atoms with Gasteiger partial charge in [0.25, 0.3) is 0 Å². The first-order chi connectivity index (χ1) is 9.70. The highest BCUT2D eigenvalue weighted by Gasteiger charge is 2.19. The third-order valence-corrected chi connectivity index (χ3v) is 5.61. The lowest BCUT2D eigenvalue weighted by molar-refractivity contribution is -0.130. The monoisotopic (exact) mass is 349 g/mol. The minimum atomic E-state index is -3.09. The molecule has 7 heteroatoms. The number of hydrogen-bond acceptors (Lipinski definition) is 4. The van der Waals surface area contributed by atoms with Crippen LogP contribution in [0.25, 0.3) is 0 Å². The summed E-state index contributed by atoms with van der Waals surface area (Å²) >= 11 is 7.56. The summed E-state index contributed by atoms with van der Waals surface area (Å²) < 4.78 is 22.5. The number of rotatable bonds is 7. The molecule has 0 aliphatic carbocycles. The van der Waals surface area contributed by atoms with Gasteiger partial charge in [-0.1, -0.05) is 23.7 Å². The minimum absolute atomic E-state index is 0.0209. The Balaban J connectivity index is 2.45. The van der Waals surface area contributed by atoms with Crippen LogP contribution in [0.5, 0.6) is 0 Å². The van der Waals surface area contributed by atoms with E-state index < -0.39 is 9.84 Å². The molecular weight excluding hydrogens is 330 g/mol. The maximum Gasteiger partial charge on any atom is 0.223 e. The number of hydrogen-bond donors (Lipinski definition) is 0. The molecule has 1 atom stereocenters. The zero-order chi connectivity index (χ0) is 16.0. The van der Waals surface area contributed by atoms with Crippen LogP contribution in [0.3, 0.4) is 0 Å². The topological polar surface area (TPSA) is 54.5 Å². The van der Waals surface area contributed by atoms with Crippen molar-refractivity contribution >= 4 is 39.1 Å². The van der Waals surface area contributed by atoms with E-state index >= 15 is 0 Å². The molecule has 0 aromatic heterocycles. The van der Waals surface area contributed by atoms with Crippen molar-refractivity contribution in [3.63, 3.8) is 0 Å². The molecule has 0 aliphatic heterocycles. The third kappa shape index (κ3) is 6.72. The standard InChI is InChI=1S/C14H20ClNO3S2/c1-11(10-21(3,18)19)16(2)14(17)8-9-20-13-7-5-4-6-12(13)15/h4-7,11H,8-10H2,1-3H3. The van der Waals surface area contributed by atoms with Gasteiger partial charge in [-0.3, -0.25) is 4.79 Å². The van der Waals surface area contributed by atoms with Crippen LogP contribution in [0.15, 0.2) is 29.2 Å². The van der Waals surface area contributed by atoms with Gasteiger partial charge < -0.3 is 4.90 Å². The first kappa shape index (κ1) is 18.3. The predicted molar refractivity (Wildman–Crippen MR) is 88.7 cm³/mol. The van der Waals surface area contributed by atoms with E-state index in [1.807, 2.05) is 24.3 Å². The van der Waals surface area contributed by atoms with Crippen LogP contribution in [0.4, 0.5) is 0 Å². The van der Waals surface area contributed by atoms with Gasteiger partial charge in [-0.25, -0.2) is 8.42 Å². The number of thioether (sulfide) groups is 1. The summed E-state index contributed by atoms with van der Waals surface area (Å²) in [7, 11) is -1.45. The molecule has 0 bridgehead atoms. The maximum absolute atomic E-state index is 12.0. The first-order valence-corrected chi connectivity index (χ1v) is 9.94. The summed E-state index contributed by atoms with van der Waals surface area (Å²) in [6, 6.07) is 7.16. The lowest BCUT2D eigenvalue weighted by Crippen LogP contribution is -2.39. The fourth-order valence-electron chi connectivity index (χ4n) is 1.78. The van der Waals surface area contributed by atoms with Crippen molar-refractivity contribution < 1.29 is 13.2 Å². The SMILES string of the molecule is CC(CS(C)(=O)=O)N(C)C(=O)CCSc1ccccc1Cl. The highest BCUT2D eigenvalue weighted by atomic mass is 35.5. The summed E-state index contributed by atoms with van der Waals surface area (Å²) in [5.41, 5.74) is 0. The second-order valence-electron chi connectivity index (χ2n) is 4.97. The molecule has 4 nitrogen and oxygen atoms in total. The van der Waals surface area contributed by atoms with Crippen LogP contribution in [0, 0.1) is 0 Å².